The molecule has 0 aliphatic carbocycles. The molecule has 0 aliphatic heterocycles. The summed E-state index contributed by atoms with van der Waals surface area (Å²) in [6.07, 6.45) is 6.63. The van der Waals surface area contributed by atoms with Crippen LogP contribution in [0.5, 0.6) is 0 Å². The van der Waals surface area contributed by atoms with Gasteiger partial charge in [-0.05, 0) is 35.1 Å². The predicted octanol–water partition coefficient (Wildman–Crippen LogP) is 3.88. The van der Waals surface area contributed by atoms with Gasteiger partial charge in [0.15, 0.2) is 0 Å². The summed E-state index contributed by atoms with van der Waals surface area (Å²) >= 11 is 3.24. The number of aryl methyl sites for hydroxylation is 2. The Balaban J connectivity index is 0.000000222. The zero-order chi connectivity index (χ0) is 29.0. The molecule has 0 saturated carbocycles. The Kier molecular flexibility index (Phi) is 15.9. The second-order valence-electron chi connectivity index (χ2n) is 8.30. The highest BCUT2D eigenvalue weighted by molar-refractivity contribution is 7.15. The maximum atomic E-state index is 10.2. The van der Waals surface area contributed by atoms with Crippen LogP contribution in [0.3, 0.4) is 0 Å². The van der Waals surface area contributed by atoms with Gasteiger partial charge in [-0.3, -0.25) is 0 Å². The number of hydrogen-bond donors (Lipinski definition) is 4. The topological polar surface area (TPSA) is 150 Å². The van der Waals surface area contributed by atoms with E-state index in [1.807, 2.05) is 62.6 Å². The van der Waals surface area contributed by atoms with Crippen LogP contribution in [0.15, 0.2) is 48.5 Å². The van der Waals surface area contributed by atoms with E-state index in [9.17, 15) is 9.59 Å². The van der Waals surface area contributed by atoms with Crippen LogP contribution in [0, 0.1) is 0 Å². The third kappa shape index (κ3) is 11.7. The van der Waals surface area contributed by atoms with Crippen LogP contribution < -0.4 is 10.6 Å². The van der Waals surface area contributed by atoms with Gasteiger partial charge in [-0.25, -0.2) is 0 Å². The Morgan fingerprint density at radius 3 is 1.32 bits per heavy atom. The highest BCUT2D eigenvalue weighted by Crippen LogP contribution is 2.19. The second kappa shape index (κ2) is 19.5. The second-order valence-corrected chi connectivity index (χ2v) is 10.4. The Labute approximate surface area is 242 Å². The fourth-order valence-corrected chi connectivity index (χ4v) is 4.93. The number of aromatic nitrogens is 4. The first kappa shape index (κ1) is 32.6. The average molecular weight is 585 g/mol. The SMILES string of the molecule is CNc1nnc(CCCCc2nnc(NC)s2)s1.O=CCc1ccccc1CO.O=CCc1ccccc1CO. The number of aldehydes is 2. The van der Waals surface area contributed by atoms with Crippen molar-refractivity contribution in [2.75, 3.05) is 24.7 Å². The van der Waals surface area contributed by atoms with Gasteiger partial charge < -0.3 is 30.4 Å². The van der Waals surface area contributed by atoms with Crippen LogP contribution in [-0.4, -0.2) is 57.3 Å². The number of unbranched alkanes of at least 4 members (excludes halogenated alkanes) is 1. The smallest absolute Gasteiger partial charge is 0.205 e. The highest BCUT2D eigenvalue weighted by Gasteiger charge is 2.05. The summed E-state index contributed by atoms with van der Waals surface area (Å²) in [6.45, 7) is 0.00796. The molecule has 12 heteroatoms. The Morgan fingerprint density at radius 1 is 0.650 bits per heavy atom. The molecule has 214 valence electrons. The normalized spacial score (nSPS) is 10.0. The summed E-state index contributed by atoms with van der Waals surface area (Å²) in [4.78, 5) is 20.3. The zero-order valence-electron chi connectivity index (χ0n) is 22.7. The van der Waals surface area contributed by atoms with E-state index < -0.39 is 0 Å². The molecule has 0 spiro atoms. The number of nitrogens with one attached hydrogen (secondary N) is 2. The fraction of sp³-hybridized carbons (Fsp3) is 0.357. The number of nitrogens with zero attached hydrogens (tertiary/aromatic N) is 4. The first-order chi connectivity index (χ1) is 19.6. The maximum Gasteiger partial charge on any atom is 0.205 e. The number of hydrogen-bond acceptors (Lipinski definition) is 12. The molecule has 2 aromatic heterocycles. The molecule has 40 heavy (non-hydrogen) atoms. The van der Waals surface area contributed by atoms with Crippen molar-refractivity contribution in [3.63, 3.8) is 0 Å². The van der Waals surface area contributed by atoms with E-state index in [1.54, 1.807) is 22.7 Å². The number of rotatable bonds is 13. The van der Waals surface area contributed by atoms with Crippen molar-refractivity contribution in [2.24, 2.45) is 0 Å². The molecule has 0 radical (unpaired) electrons. The highest BCUT2D eigenvalue weighted by atomic mass is 32.1. The monoisotopic (exact) mass is 584 g/mol. The molecule has 0 amide bonds. The molecule has 0 saturated heterocycles. The third-order valence-corrected chi connectivity index (χ3v) is 7.58. The van der Waals surface area contributed by atoms with Crippen molar-refractivity contribution < 1.29 is 19.8 Å². The number of aliphatic hydroxyl groups is 2. The molecule has 2 aromatic carbocycles. The van der Waals surface area contributed by atoms with Gasteiger partial charge in [-0.15, -0.1) is 20.4 Å². The van der Waals surface area contributed by atoms with Gasteiger partial charge in [0.1, 0.15) is 22.6 Å². The van der Waals surface area contributed by atoms with Gasteiger partial charge in [0.05, 0.1) is 13.2 Å². The molecular formula is C28H36N6O4S2. The molecule has 4 rings (SSSR count). The molecule has 10 nitrogen and oxygen atoms in total. The molecule has 0 atom stereocenters. The van der Waals surface area contributed by atoms with E-state index in [0.29, 0.717) is 12.8 Å². The van der Waals surface area contributed by atoms with Crippen molar-refractivity contribution in [1.29, 1.82) is 0 Å². The lowest BCUT2D eigenvalue weighted by Crippen LogP contribution is -1.93. The fourth-order valence-electron chi connectivity index (χ4n) is 3.47. The largest absolute Gasteiger partial charge is 0.392 e. The Morgan fingerprint density at radius 2 is 1.02 bits per heavy atom. The minimum absolute atomic E-state index is 0.00398. The van der Waals surface area contributed by atoms with E-state index in [4.69, 9.17) is 10.2 Å². The van der Waals surface area contributed by atoms with Crippen molar-refractivity contribution in [2.45, 2.75) is 51.7 Å². The first-order valence-electron chi connectivity index (χ1n) is 12.8. The number of aliphatic hydroxyl groups excluding tert-OH is 2. The quantitative estimate of drug-likeness (QED) is 0.135. The zero-order valence-corrected chi connectivity index (χ0v) is 24.4. The predicted molar refractivity (Wildman–Crippen MR) is 160 cm³/mol. The lowest BCUT2D eigenvalue weighted by atomic mass is 10.1. The van der Waals surface area contributed by atoms with E-state index >= 15 is 0 Å². The number of carbonyl (C=O) groups is 2. The molecule has 0 aliphatic rings. The number of carbonyl (C=O) groups excluding carboxylic acids is 2. The standard InChI is InChI=1S/C10H16N6S2.2C9H10O2/c1-11-9-15-13-7(17-9)5-3-4-6-8-14-16-10(12-2)18-8;2*10-6-5-8-3-1-2-4-9(8)7-11/h3-6H2,1-2H3,(H,11,15)(H,12,16);2*1-4,6,11H,5,7H2. The van der Waals surface area contributed by atoms with E-state index in [2.05, 4.69) is 31.0 Å². The lowest BCUT2D eigenvalue weighted by molar-refractivity contribution is -0.108. The van der Waals surface area contributed by atoms with Gasteiger partial charge in [-0.2, -0.15) is 0 Å². The summed E-state index contributed by atoms with van der Waals surface area (Å²) in [5.41, 5.74) is 3.48. The number of anilines is 2. The minimum Gasteiger partial charge on any atom is -0.392 e. The van der Waals surface area contributed by atoms with Crippen LogP contribution in [0.4, 0.5) is 10.3 Å². The van der Waals surface area contributed by atoms with E-state index in [1.165, 1.54) is 0 Å². The van der Waals surface area contributed by atoms with Crippen LogP contribution in [0.2, 0.25) is 0 Å². The van der Waals surface area contributed by atoms with Crippen LogP contribution in [0.25, 0.3) is 0 Å². The molecule has 4 N–H and O–H groups in total. The van der Waals surface area contributed by atoms with Crippen molar-refractivity contribution in [3.8, 4) is 0 Å². The third-order valence-electron chi connectivity index (χ3n) is 5.58. The van der Waals surface area contributed by atoms with E-state index in [-0.39, 0.29) is 13.2 Å². The summed E-state index contributed by atoms with van der Waals surface area (Å²) < 4.78 is 0. The van der Waals surface area contributed by atoms with Crippen molar-refractivity contribution in [3.05, 3.63) is 80.8 Å². The van der Waals surface area contributed by atoms with Gasteiger partial charge in [0.25, 0.3) is 0 Å². The summed E-state index contributed by atoms with van der Waals surface area (Å²) in [5.74, 6) is 0. The minimum atomic E-state index is 0.00398. The molecule has 2 heterocycles. The molecular weight excluding hydrogens is 548 g/mol. The maximum absolute atomic E-state index is 10.2. The van der Waals surface area contributed by atoms with Crippen LogP contribution in [0.1, 0.15) is 45.1 Å². The summed E-state index contributed by atoms with van der Waals surface area (Å²) in [6, 6.07) is 14.7. The van der Waals surface area contributed by atoms with Crippen LogP contribution >= 0.6 is 22.7 Å². The van der Waals surface area contributed by atoms with E-state index in [0.717, 1.165) is 80.8 Å². The Hall–Kier alpha value is -3.58. The lowest BCUT2D eigenvalue weighted by Gasteiger charge is -2.01. The molecule has 0 unspecified atom stereocenters. The Bertz CT molecular complexity index is 1180. The first-order valence-corrected chi connectivity index (χ1v) is 14.4. The van der Waals surface area contributed by atoms with Crippen molar-refractivity contribution in [1.82, 2.24) is 20.4 Å². The van der Waals surface area contributed by atoms with Gasteiger partial charge in [0.2, 0.25) is 10.3 Å². The summed E-state index contributed by atoms with van der Waals surface area (Å²) in [7, 11) is 3.72. The van der Waals surface area contributed by atoms with Gasteiger partial charge >= 0.3 is 0 Å². The van der Waals surface area contributed by atoms with Gasteiger partial charge in [0, 0.05) is 39.8 Å². The average Bonchev–Trinajstić information content (AvgIpc) is 3.66. The van der Waals surface area contributed by atoms with Crippen molar-refractivity contribution >= 4 is 45.5 Å². The van der Waals surface area contributed by atoms with Crippen LogP contribution in [-0.2, 0) is 48.5 Å². The molecule has 0 bridgehead atoms. The molecule has 0 fully saturated rings. The molecule has 4 aromatic rings. The number of benzene rings is 2. The summed E-state index contributed by atoms with van der Waals surface area (Å²) in [5, 5.41) is 43.9. The van der Waals surface area contributed by atoms with Gasteiger partial charge in [-0.1, -0.05) is 71.2 Å².